The molecule has 7 heteroatoms. The van der Waals surface area contributed by atoms with Crippen LogP contribution in [0.5, 0.6) is 0 Å². The number of anilines is 2. The number of nitrogens with zero attached hydrogens (tertiary/aromatic N) is 2. The van der Waals surface area contributed by atoms with Gasteiger partial charge in [0.05, 0.1) is 22.3 Å². The maximum atomic E-state index is 15.1. The zero-order valence-electron chi connectivity index (χ0n) is 23.4. The van der Waals surface area contributed by atoms with Crippen LogP contribution in [0.25, 0.3) is 0 Å². The van der Waals surface area contributed by atoms with Crippen LogP contribution < -0.4 is 14.7 Å². The number of rotatable bonds is 5. The van der Waals surface area contributed by atoms with E-state index in [1.807, 2.05) is 106 Å². The van der Waals surface area contributed by atoms with E-state index in [-0.39, 0.29) is 10.8 Å². The lowest BCUT2D eigenvalue weighted by Crippen LogP contribution is -2.62. The first-order chi connectivity index (χ1) is 19.6. The van der Waals surface area contributed by atoms with Crippen molar-refractivity contribution >= 4 is 27.3 Å². The van der Waals surface area contributed by atoms with E-state index in [2.05, 4.69) is 12.0 Å². The zero-order chi connectivity index (χ0) is 29.0. The molecule has 208 valence electrons. The molecule has 0 saturated carbocycles. The van der Waals surface area contributed by atoms with E-state index >= 15 is 4.79 Å². The number of amides is 1. The lowest BCUT2D eigenvalue weighted by molar-refractivity contribution is -0.129. The van der Waals surface area contributed by atoms with Gasteiger partial charge in [0.1, 0.15) is 5.41 Å². The van der Waals surface area contributed by atoms with Gasteiger partial charge in [-0.15, -0.1) is 6.58 Å². The van der Waals surface area contributed by atoms with Gasteiger partial charge in [0.2, 0.25) is 0 Å². The predicted octanol–water partition coefficient (Wildman–Crippen LogP) is 6.53. The van der Waals surface area contributed by atoms with Crippen molar-refractivity contribution in [2.24, 2.45) is 5.41 Å². The van der Waals surface area contributed by atoms with Gasteiger partial charge >= 0.3 is 0 Å². The Bertz CT molecular complexity index is 1720. The molecule has 2 aliphatic heterocycles. The average molecular weight is 564 g/mol. The second-order valence-electron chi connectivity index (χ2n) is 11.3. The summed E-state index contributed by atoms with van der Waals surface area (Å²) >= 11 is 0. The maximum absolute atomic E-state index is 15.1. The van der Waals surface area contributed by atoms with Crippen molar-refractivity contribution in [1.82, 2.24) is 5.43 Å². The molecule has 0 radical (unpaired) electrons. The summed E-state index contributed by atoms with van der Waals surface area (Å²) in [4.78, 5) is 15.3. The second-order valence-corrected chi connectivity index (χ2v) is 13.1. The lowest BCUT2D eigenvalue weighted by Gasteiger charge is -2.55. The highest BCUT2D eigenvalue weighted by Gasteiger charge is 2.71. The minimum Gasteiger partial charge on any atom is -0.272 e. The number of hydrogen-bond donors (Lipinski definition) is 1. The molecule has 3 unspecified atom stereocenters. The van der Waals surface area contributed by atoms with Gasteiger partial charge in [-0.3, -0.25) is 9.10 Å². The maximum Gasteiger partial charge on any atom is 0.264 e. The Balaban J connectivity index is 1.72. The third-order valence-electron chi connectivity index (χ3n) is 8.59. The van der Waals surface area contributed by atoms with Crippen LogP contribution in [0.1, 0.15) is 42.5 Å². The highest BCUT2D eigenvalue weighted by molar-refractivity contribution is 7.92. The molecule has 3 atom stereocenters. The van der Waals surface area contributed by atoms with Crippen LogP contribution in [0.4, 0.5) is 11.4 Å². The van der Waals surface area contributed by atoms with Crippen molar-refractivity contribution < 1.29 is 13.2 Å². The zero-order valence-corrected chi connectivity index (χ0v) is 24.2. The van der Waals surface area contributed by atoms with Crippen molar-refractivity contribution in [3.8, 4) is 0 Å². The van der Waals surface area contributed by atoms with Crippen LogP contribution in [0.15, 0.2) is 127 Å². The van der Waals surface area contributed by atoms with E-state index in [9.17, 15) is 8.42 Å². The molecular formula is C34H33N3O3S. The normalized spacial score (nSPS) is 23.4. The molecule has 4 aromatic rings. The Labute approximate surface area is 242 Å². The summed E-state index contributed by atoms with van der Waals surface area (Å²) in [7, 11) is -4.14. The van der Waals surface area contributed by atoms with Crippen molar-refractivity contribution in [2.75, 3.05) is 9.31 Å². The van der Waals surface area contributed by atoms with Crippen molar-refractivity contribution in [1.29, 1.82) is 0 Å². The summed E-state index contributed by atoms with van der Waals surface area (Å²) in [5, 5.41) is 1.58. The molecule has 1 N–H and O–H groups in total. The van der Waals surface area contributed by atoms with E-state index in [0.717, 1.165) is 16.7 Å². The van der Waals surface area contributed by atoms with Crippen LogP contribution in [0, 0.1) is 12.3 Å². The van der Waals surface area contributed by atoms with Crippen LogP contribution in [0.3, 0.4) is 0 Å². The van der Waals surface area contributed by atoms with E-state index in [1.54, 1.807) is 35.4 Å². The van der Waals surface area contributed by atoms with Crippen LogP contribution in [-0.4, -0.2) is 19.9 Å². The number of hydrazine groups is 1. The number of carbonyl (C=O) groups excluding carboxylic acids is 1. The summed E-state index contributed by atoms with van der Waals surface area (Å²) in [5.74, 6) is -0.719. The minimum atomic E-state index is -4.14. The number of hydrogen-bond acceptors (Lipinski definition) is 4. The number of aryl methyl sites for hydroxylation is 1. The highest BCUT2D eigenvalue weighted by Crippen LogP contribution is 2.64. The van der Waals surface area contributed by atoms with Crippen molar-refractivity contribution in [2.45, 2.75) is 43.2 Å². The smallest absolute Gasteiger partial charge is 0.264 e. The summed E-state index contributed by atoms with van der Waals surface area (Å²) in [5.41, 5.74) is 4.92. The van der Waals surface area contributed by atoms with E-state index in [0.29, 0.717) is 11.4 Å². The monoisotopic (exact) mass is 563 g/mol. The Kier molecular flexibility index (Phi) is 6.40. The molecule has 0 aliphatic carbocycles. The molecule has 2 aliphatic rings. The molecule has 2 heterocycles. The average Bonchev–Trinajstić information content (AvgIpc) is 3.19. The molecule has 6 rings (SSSR count). The summed E-state index contributed by atoms with van der Waals surface area (Å²) < 4.78 is 31.1. The molecule has 1 fully saturated rings. The fraction of sp³-hybridized carbons (Fsp3) is 0.206. The van der Waals surface area contributed by atoms with Crippen molar-refractivity contribution in [3.63, 3.8) is 0 Å². The third-order valence-corrected chi connectivity index (χ3v) is 10.4. The van der Waals surface area contributed by atoms with Crippen LogP contribution in [-0.2, 0) is 14.8 Å². The predicted molar refractivity (Wildman–Crippen MR) is 163 cm³/mol. The highest BCUT2D eigenvalue weighted by atomic mass is 32.2. The molecule has 4 aromatic carbocycles. The van der Waals surface area contributed by atoms with Gasteiger partial charge in [0.15, 0.2) is 0 Å². The fourth-order valence-corrected chi connectivity index (χ4v) is 8.44. The van der Waals surface area contributed by atoms with E-state index in [4.69, 9.17) is 0 Å². The third kappa shape index (κ3) is 3.87. The quantitative estimate of drug-likeness (QED) is 0.280. The molecule has 41 heavy (non-hydrogen) atoms. The Hall–Kier alpha value is -4.20. The Morgan fingerprint density at radius 3 is 2.05 bits per heavy atom. The number of allylic oxidation sites excluding steroid dienone is 1. The minimum absolute atomic E-state index is 0.169. The number of sulfonamides is 1. The van der Waals surface area contributed by atoms with E-state index < -0.39 is 32.9 Å². The van der Waals surface area contributed by atoms with Crippen molar-refractivity contribution in [3.05, 3.63) is 139 Å². The van der Waals surface area contributed by atoms with Gasteiger partial charge in [0, 0.05) is 11.5 Å². The number of nitrogens with one attached hydrogen (secondary N) is 1. The first-order valence-electron chi connectivity index (χ1n) is 13.7. The number of fused-ring (bicyclic) bond motifs is 1. The fourth-order valence-electron chi connectivity index (χ4n) is 6.74. The van der Waals surface area contributed by atoms with Gasteiger partial charge in [-0.2, -0.15) is 0 Å². The molecule has 0 aromatic heterocycles. The van der Waals surface area contributed by atoms with Crippen LogP contribution in [0.2, 0.25) is 0 Å². The number of para-hydroxylation sites is 2. The van der Waals surface area contributed by atoms with Gasteiger partial charge in [0.25, 0.3) is 15.9 Å². The van der Waals surface area contributed by atoms with Gasteiger partial charge in [-0.1, -0.05) is 90.5 Å². The molecular weight excluding hydrogens is 530 g/mol. The summed E-state index contributed by atoms with van der Waals surface area (Å²) in [6.45, 7) is 10.1. The molecule has 6 nitrogen and oxygen atoms in total. The first kappa shape index (κ1) is 27.0. The lowest BCUT2D eigenvalue weighted by atomic mass is 9.55. The van der Waals surface area contributed by atoms with E-state index in [1.165, 1.54) is 4.31 Å². The Morgan fingerprint density at radius 1 is 0.829 bits per heavy atom. The first-order valence-corrected chi connectivity index (χ1v) is 15.1. The summed E-state index contributed by atoms with van der Waals surface area (Å²) in [6.07, 6.45) is 1.81. The SMILES string of the molecule is C=CC1c2ccccc2N(S(=O)(=O)c2ccc(C)cc2)C(c2ccccc2)C12C(=O)N(c1ccccc1)NC2(C)C. The van der Waals surface area contributed by atoms with Gasteiger partial charge in [-0.05, 0) is 62.2 Å². The summed E-state index contributed by atoms with van der Waals surface area (Å²) in [6, 6.07) is 32.3. The molecule has 1 spiro atoms. The standard InChI is InChI=1S/C34H33N3O3S/c1-5-29-28-18-12-13-19-30(28)37(41(39,40)27-22-20-24(2)21-23-27)31(25-14-8-6-9-15-25)34(29)32(38)36(35-33(34,3)4)26-16-10-7-11-17-26/h5-23,29,31,35H,1H2,2-4H3. The Morgan fingerprint density at radius 2 is 1.41 bits per heavy atom. The van der Waals surface area contributed by atoms with Crippen LogP contribution >= 0.6 is 0 Å². The molecule has 1 saturated heterocycles. The topological polar surface area (TPSA) is 69.7 Å². The van der Waals surface area contributed by atoms with Gasteiger partial charge < -0.3 is 0 Å². The largest absolute Gasteiger partial charge is 0.272 e. The molecule has 1 amide bonds. The number of benzene rings is 4. The van der Waals surface area contributed by atoms with Gasteiger partial charge in [-0.25, -0.2) is 18.9 Å². The second kappa shape index (κ2) is 9.72. The molecule has 0 bridgehead atoms. The number of carbonyl (C=O) groups is 1.